The maximum absolute atomic E-state index is 16.2. The topological polar surface area (TPSA) is 177 Å². The van der Waals surface area contributed by atoms with Crippen molar-refractivity contribution in [2.75, 3.05) is 51.6 Å². The largest absolute Gasteiger partial charge is 0.491 e. The van der Waals surface area contributed by atoms with Crippen LogP contribution >= 0.6 is 0 Å². The molecule has 3 aliphatic rings. The Morgan fingerprint density at radius 1 is 0.828 bits per heavy atom. The second-order valence-electron chi connectivity index (χ2n) is 15.5. The molecule has 328 valence electrons. The molecular weight excluding hydrogens is 817 g/mol. The number of fused-ring (bicyclic) bond motifs is 3. The molecule has 0 unspecified atom stereocenters. The number of hydrogen-bond acceptors (Lipinski definition) is 12. The van der Waals surface area contributed by atoms with Gasteiger partial charge in [-0.3, -0.25) is 24.3 Å². The quantitative estimate of drug-likeness (QED) is 0.0776. The van der Waals surface area contributed by atoms with Crippen LogP contribution in [0.4, 0.5) is 10.5 Å². The Bertz CT molecular complexity index is 2530. The van der Waals surface area contributed by atoms with Crippen molar-refractivity contribution in [1.82, 2.24) is 15.2 Å². The van der Waals surface area contributed by atoms with Crippen molar-refractivity contribution in [2.24, 2.45) is 5.92 Å². The minimum Gasteiger partial charge on any atom is -0.491 e. The van der Waals surface area contributed by atoms with Gasteiger partial charge < -0.3 is 34.5 Å². The molecule has 3 aliphatic heterocycles. The van der Waals surface area contributed by atoms with E-state index in [4.69, 9.17) is 18.9 Å². The number of aliphatic hydroxyl groups excluding tert-OH is 2. The number of carbonyl (C=O) groups excluding carboxylic acids is 4. The zero-order valence-electron chi connectivity index (χ0n) is 35.2. The molecule has 1 aromatic heterocycles. The third-order valence-corrected chi connectivity index (χ3v) is 11.8. The number of nitrogens with one attached hydrogen (secondary N) is 1. The Morgan fingerprint density at radius 3 is 2.30 bits per heavy atom. The van der Waals surface area contributed by atoms with Crippen molar-refractivity contribution >= 4 is 29.6 Å². The molecule has 1 spiro atoms. The number of cyclic esters (lactones) is 1. The van der Waals surface area contributed by atoms with Gasteiger partial charge in [0, 0.05) is 44.0 Å². The number of aliphatic hydroxyl groups is 2. The molecule has 2 saturated heterocycles. The minimum atomic E-state index is -2.04. The van der Waals surface area contributed by atoms with E-state index in [0.29, 0.717) is 34.6 Å². The van der Waals surface area contributed by atoms with Crippen LogP contribution in [0.15, 0.2) is 128 Å². The Kier molecular flexibility index (Phi) is 13.4. The van der Waals surface area contributed by atoms with E-state index < -0.39 is 59.4 Å². The molecule has 3 N–H and O–H groups in total. The van der Waals surface area contributed by atoms with Gasteiger partial charge >= 0.3 is 12.1 Å². The monoisotopic (exact) mass is 864 g/mol. The summed E-state index contributed by atoms with van der Waals surface area (Å²) in [6.45, 7) is -0.490. The minimum absolute atomic E-state index is 0.0271. The summed E-state index contributed by atoms with van der Waals surface area (Å²) in [6.07, 6.45) is 0.249. The van der Waals surface area contributed by atoms with Gasteiger partial charge in [0.25, 0.3) is 0 Å². The number of morpholine rings is 1. The molecule has 4 aromatic carbocycles. The number of aromatic nitrogens is 1. The van der Waals surface area contributed by atoms with Crippen molar-refractivity contribution in [3.8, 4) is 17.6 Å². The second kappa shape index (κ2) is 19.7. The van der Waals surface area contributed by atoms with E-state index in [0.717, 1.165) is 10.5 Å². The summed E-state index contributed by atoms with van der Waals surface area (Å²) in [5, 5.41) is 22.4. The van der Waals surface area contributed by atoms with Crippen molar-refractivity contribution in [3.05, 3.63) is 161 Å². The summed E-state index contributed by atoms with van der Waals surface area (Å²) >= 11 is 0. The van der Waals surface area contributed by atoms with Crippen LogP contribution in [0.5, 0.6) is 5.75 Å². The first-order valence-corrected chi connectivity index (χ1v) is 21.2. The normalized spacial score (nSPS) is 22.2. The van der Waals surface area contributed by atoms with Crippen molar-refractivity contribution in [1.29, 1.82) is 0 Å². The lowest BCUT2D eigenvalue weighted by atomic mass is 9.65. The fraction of sp³-hybridized carbons (Fsp3) is 0.300. The van der Waals surface area contributed by atoms with Gasteiger partial charge in [-0.15, -0.1) is 0 Å². The molecule has 3 amide bonds. The highest BCUT2D eigenvalue weighted by Gasteiger charge is 2.75. The second-order valence-corrected chi connectivity index (χ2v) is 15.5. The number of methoxy groups -OCH3 is 1. The van der Waals surface area contributed by atoms with Crippen LogP contribution in [0.2, 0.25) is 0 Å². The number of rotatable bonds is 14. The van der Waals surface area contributed by atoms with E-state index in [-0.39, 0.29) is 57.3 Å². The number of imide groups is 1. The number of pyridine rings is 1. The third kappa shape index (κ3) is 8.22. The molecule has 14 heteroatoms. The molecule has 6 atom stereocenters. The molecular formula is C50H48N4O10. The third-order valence-electron chi connectivity index (χ3n) is 11.8. The SMILES string of the molecule is COCCOC(=O)N1C(=O)[C@@]2(c3cc(C#CCCO)ccc31)[C@H](c1cccc(OCCO)c1)N1[C@H](c3ccccc3)[C@H](c3ccccc3)OC(=O)[C@H]1[C@@H]2C(=O)NCCc1ccccn1. The van der Waals surface area contributed by atoms with Gasteiger partial charge in [-0.05, 0) is 64.7 Å². The van der Waals surface area contributed by atoms with Gasteiger partial charge in [0.15, 0.2) is 0 Å². The summed E-state index contributed by atoms with van der Waals surface area (Å²) in [5.41, 5.74) is 1.43. The van der Waals surface area contributed by atoms with Crippen LogP contribution in [-0.4, -0.2) is 96.7 Å². The fourth-order valence-electron chi connectivity index (χ4n) is 9.37. The van der Waals surface area contributed by atoms with Crippen LogP contribution < -0.4 is 15.0 Å². The van der Waals surface area contributed by atoms with Crippen molar-refractivity contribution in [2.45, 2.75) is 42.5 Å². The smallest absolute Gasteiger partial charge is 0.421 e. The average Bonchev–Trinajstić information content (AvgIpc) is 3.78. The van der Waals surface area contributed by atoms with E-state index in [1.165, 1.54) is 7.11 Å². The molecule has 0 radical (unpaired) electrons. The van der Waals surface area contributed by atoms with Crippen molar-refractivity contribution < 1.29 is 48.3 Å². The number of carbonyl (C=O) groups is 4. The first-order valence-electron chi connectivity index (χ1n) is 21.2. The predicted molar refractivity (Wildman–Crippen MR) is 234 cm³/mol. The average molecular weight is 865 g/mol. The molecule has 14 nitrogen and oxygen atoms in total. The number of nitrogens with zero attached hydrogens (tertiary/aromatic N) is 3. The number of amides is 3. The van der Waals surface area contributed by atoms with E-state index >= 15 is 14.4 Å². The number of anilines is 1. The molecule has 0 aliphatic carbocycles. The van der Waals surface area contributed by atoms with Gasteiger partial charge in [-0.2, -0.15) is 0 Å². The summed E-state index contributed by atoms with van der Waals surface area (Å²) in [5.74, 6) is 2.69. The Labute approximate surface area is 370 Å². The standard InChI is InChI=1S/C50H48N4O10/c1-61-29-30-63-49(60)53-40-22-21-33(13-9-11-26-55)31-39(40)50(48(53)59)41(46(57)52-25-23-37-19-8-10-24-51-37)43-47(58)64-44(35-16-6-3-7-17-35)42(34-14-4-2-5-15-34)54(43)45(50)36-18-12-20-38(32-36)62-28-27-56/h2-8,10,12,14-22,24,31-32,41-45,55-56H,11,23,25-30H2,1H3,(H,52,57)/t41-,42-,43-,44+,45+,50-/m1/s1. The molecule has 2 fully saturated rings. The molecule has 0 bridgehead atoms. The summed E-state index contributed by atoms with van der Waals surface area (Å²) in [4.78, 5) is 68.6. The maximum atomic E-state index is 16.2. The lowest BCUT2D eigenvalue weighted by Gasteiger charge is -2.46. The van der Waals surface area contributed by atoms with Gasteiger partial charge in [-0.25, -0.2) is 9.69 Å². The molecule has 64 heavy (non-hydrogen) atoms. The van der Waals surface area contributed by atoms with Crippen LogP contribution in [0.25, 0.3) is 0 Å². The first-order chi connectivity index (χ1) is 31.3. The number of ether oxygens (including phenoxy) is 4. The highest BCUT2D eigenvalue weighted by atomic mass is 16.6. The zero-order chi connectivity index (χ0) is 44.6. The number of hydrogen-bond donors (Lipinski definition) is 3. The summed E-state index contributed by atoms with van der Waals surface area (Å²) in [6, 6.07) is 32.8. The highest BCUT2D eigenvalue weighted by molar-refractivity contribution is 6.23. The Morgan fingerprint density at radius 2 is 1.58 bits per heavy atom. The summed E-state index contributed by atoms with van der Waals surface area (Å²) in [7, 11) is 1.46. The Hall–Kier alpha value is -6.89. The van der Waals surface area contributed by atoms with Gasteiger partial charge in [0.2, 0.25) is 11.8 Å². The summed E-state index contributed by atoms with van der Waals surface area (Å²) < 4.78 is 23.3. The molecule has 0 saturated carbocycles. The molecule has 4 heterocycles. The zero-order valence-corrected chi connectivity index (χ0v) is 35.2. The van der Waals surface area contributed by atoms with E-state index in [1.807, 2.05) is 77.7 Å². The van der Waals surface area contributed by atoms with Gasteiger partial charge in [0.1, 0.15) is 36.5 Å². The number of benzene rings is 4. The first kappa shape index (κ1) is 43.7. The van der Waals surface area contributed by atoms with E-state index in [2.05, 4.69) is 22.1 Å². The fourth-order valence-corrected chi connectivity index (χ4v) is 9.37. The van der Waals surface area contributed by atoms with Crippen LogP contribution in [0.1, 0.15) is 58.1 Å². The molecule has 8 rings (SSSR count). The van der Waals surface area contributed by atoms with Crippen molar-refractivity contribution in [3.63, 3.8) is 0 Å². The number of esters is 1. The maximum Gasteiger partial charge on any atom is 0.421 e. The highest BCUT2D eigenvalue weighted by Crippen LogP contribution is 2.66. The Balaban J connectivity index is 1.43. The lowest BCUT2D eigenvalue weighted by molar-refractivity contribution is -0.178. The molecule has 5 aromatic rings. The van der Waals surface area contributed by atoms with Crippen LogP contribution in [0, 0.1) is 17.8 Å². The van der Waals surface area contributed by atoms with Gasteiger partial charge in [-0.1, -0.05) is 90.7 Å². The van der Waals surface area contributed by atoms with Gasteiger partial charge in [0.05, 0.1) is 43.5 Å². The lowest BCUT2D eigenvalue weighted by Crippen LogP contribution is -2.56. The van der Waals surface area contributed by atoms with Crippen LogP contribution in [0.3, 0.4) is 0 Å². The van der Waals surface area contributed by atoms with E-state index in [1.54, 1.807) is 54.7 Å². The predicted octanol–water partition coefficient (Wildman–Crippen LogP) is 4.99. The van der Waals surface area contributed by atoms with E-state index in [9.17, 15) is 15.0 Å². The van der Waals surface area contributed by atoms with Crippen LogP contribution in [-0.2, 0) is 40.4 Å².